The Morgan fingerprint density at radius 3 is 2.72 bits per heavy atom. The van der Waals surface area contributed by atoms with Crippen molar-refractivity contribution in [3.8, 4) is 5.75 Å². The summed E-state index contributed by atoms with van der Waals surface area (Å²) in [5.41, 5.74) is 3.30. The largest absolute Gasteiger partial charge is 0.495 e. The first-order chi connectivity index (χ1) is 14.2. The number of hydrogen-bond donors (Lipinski definition) is 1. The summed E-state index contributed by atoms with van der Waals surface area (Å²) in [5.74, 6) is 0.625. The number of aromatic nitrogens is 1. The highest BCUT2D eigenvalue weighted by Crippen LogP contribution is 2.28. The van der Waals surface area contributed by atoms with E-state index in [1.165, 1.54) is 12.1 Å². The molecule has 1 aromatic carbocycles. The van der Waals surface area contributed by atoms with E-state index < -0.39 is 0 Å². The average Bonchev–Trinajstić information content (AvgIpc) is 2.77. The molecule has 0 aliphatic carbocycles. The van der Waals surface area contributed by atoms with Gasteiger partial charge >= 0.3 is 0 Å². The monoisotopic (exact) mass is 396 g/mol. The fourth-order valence-electron chi connectivity index (χ4n) is 4.03. The Kier molecular flexibility index (Phi) is 6.42. The topological polar surface area (TPSA) is 40.6 Å². The summed E-state index contributed by atoms with van der Waals surface area (Å²) >= 11 is 0. The molecule has 2 aromatic rings. The van der Waals surface area contributed by atoms with Crippen LogP contribution in [0.15, 0.2) is 42.6 Å². The molecule has 1 N–H and O–H groups in total. The van der Waals surface area contributed by atoms with Crippen molar-refractivity contribution >= 4 is 11.8 Å². The quantitative estimate of drug-likeness (QED) is 0.778. The van der Waals surface area contributed by atoms with E-state index in [1.54, 1.807) is 13.3 Å². The first-order valence-electron chi connectivity index (χ1n) is 10.4. The normalized spacial score (nSPS) is 17.4. The molecule has 154 valence electrons. The van der Waals surface area contributed by atoms with Crippen LogP contribution in [0.1, 0.15) is 24.1 Å². The number of hydrogen-bond acceptors (Lipinski definition) is 5. The number of likely N-dealkylation sites (tertiary alicyclic amines) is 1. The van der Waals surface area contributed by atoms with Crippen LogP contribution < -0.4 is 15.0 Å². The third-order valence-corrected chi connectivity index (χ3v) is 5.83. The van der Waals surface area contributed by atoms with Gasteiger partial charge in [0.1, 0.15) is 11.6 Å². The van der Waals surface area contributed by atoms with Gasteiger partial charge in [0, 0.05) is 38.3 Å². The van der Waals surface area contributed by atoms with Gasteiger partial charge in [-0.15, -0.1) is 0 Å². The maximum atomic E-state index is 13.0. The third kappa shape index (κ3) is 5.14. The Hall–Kier alpha value is -2.44. The number of piperidine rings is 1. The van der Waals surface area contributed by atoms with Crippen molar-refractivity contribution in [2.45, 2.75) is 25.4 Å². The molecule has 2 aliphatic heterocycles. The number of fused-ring (bicyclic) bond motifs is 1. The van der Waals surface area contributed by atoms with E-state index in [2.05, 4.69) is 38.3 Å². The first-order valence-corrected chi connectivity index (χ1v) is 10.4. The highest BCUT2D eigenvalue weighted by Gasteiger charge is 2.21. The van der Waals surface area contributed by atoms with E-state index in [4.69, 9.17) is 4.74 Å². The second-order valence-electron chi connectivity index (χ2n) is 7.75. The predicted molar refractivity (Wildman–Crippen MR) is 115 cm³/mol. The van der Waals surface area contributed by atoms with Crippen molar-refractivity contribution in [3.63, 3.8) is 0 Å². The lowest BCUT2D eigenvalue weighted by Gasteiger charge is -2.35. The molecule has 3 heterocycles. The van der Waals surface area contributed by atoms with Crippen LogP contribution in [0.4, 0.5) is 10.1 Å². The predicted octanol–water partition coefficient (Wildman–Crippen LogP) is 3.32. The summed E-state index contributed by atoms with van der Waals surface area (Å²) in [4.78, 5) is 9.42. The van der Waals surface area contributed by atoms with E-state index in [-0.39, 0.29) is 5.82 Å². The van der Waals surface area contributed by atoms with Crippen molar-refractivity contribution in [3.05, 3.63) is 59.7 Å². The van der Waals surface area contributed by atoms with E-state index in [0.717, 1.165) is 74.8 Å². The Labute approximate surface area is 172 Å². The molecule has 1 aromatic heterocycles. The molecular weight excluding hydrogens is 367 g/mol. The Balaban J connectivity index is 1.22. The van der Waals surface area contributed by atoms with Gasteiger partial charge in [-0.05, 0) is 49.7 Å². The van der Waals surface area contributed by atoms with Crippen LogP contribution in [-0.2, 0) is 6.54 Å². The lowest BCUT2D eigenvalue weighted by atomic mass is 10.0. The molecule has 0 unspecified atom stereocenters. The highest BCUT2D eigenvalue weighted by atomic mass is 19.1. The summed E-state index contributed by atoms with van der Waals surface area (Å²) in [6.45, 7) is 5.96. The number of benzene rings is 1. The smallest absolute Gasteiger partial charge is 0.139 e. The van der Waals surface area contributed by atoms with Crippen molar-refractivity contribution in [1.29, 1.82) is 0 Å². The number of nitrogens with one attached hydrogen (secondary N) is 1. The van der Waals surface area contributed by atoms with Crippen LogP contribution in [0.5, 0.6) is 5.75 Å². The molecule has 5 nitrogen and oxygen atoms in total. The molecule has 29 heavy (non-hydrogen) atoms. The molecule has 0 bridgehead atoms. The Morgan fingerprint density at radius 2 is 1.97 bits per heavy atom. The number of anilines is 1. The minimum absolute atomic E-state index is 0.178. The van der Waals surface area contributed by atoms with Crippen LogP contribution in [0.3, 0.4) is 0 Å². The lowest BCUT2D eigenvalue weighted by Crippen LogP contribution is -2.45. The summed E-state index contributed by atoms with van der Waals surface area (Å²) in [6.07, 6.45) is 8.33. The van der Waals surface area contributed by atoms with Crippen LogP contribution >= 0.6 is 0 Å². The summed E-state index contributed by atoms with van der Waals surface area (Å²) in [6, 6.07) is 9.37. The number of methoxy groups -OCH3 is 1. The summed E-state index contributed by atoms with van der Waals surface area (Å²) in [7, 11) is 1.68. The molecule has 0 spiro atoms. The fourth-order valence-corrected chi connectivity index (χ4v) is 4.03. The number of rotatable bonds is 7. The fraction of sp³-hybridized carbons (Fsp3) is 0.435. The van der Waals surface area contributed by atoms with Gasteiger partial charge in [-0.3, -0.25) is 4.98 Å². The lowest BCUT2D eigenvalue weighted by molar-refractivity contribution is 0.201. The molecule has 1 fully saturated rings. The molecule has 0 amide bonds. The van der Waals surface area contributed by atoms with Crippen molar-refractivity contribution in [1.82, 2.24) is 15.2 Å². The van der Waals surface area contributed by atoms with Crippen molar-refractivity contribution in [2.75, 3.05) is 44.7 Å². The molecule has 0 radical (unpaired) electrons. The Morgan fingerprint density at radius 1 is 1.17 bits per heavy atom. The minimum Gasteiger partial charge on any atom is -0.495 e. The molecule has 0 atom stereocenters. The summed E-state index contributed by atoms with van der Waals surface area (Å²) in [5, 5.41) is 3.62. The highest BCUT2D eigenvalue weighted by molar-refractivity contribution is 5.69. The van der Waals surface area contributed by atoms with Crippen molar-refractivity contribution in [2.24, 2.45) is 0 Å². The molecule has 1 saturated heterocycles. The van der Waals surface area contributed by atoms with E-state index in [0.29, 0.717) is 6.04 Å². The van der Waals surface area contributed by atoms with E-state index in [9.17, 15) is 4.39 Å². The van der Waals surface area contributed by atoms with Gasteiger partial charge in [-0.1, -0.05) is 18.2 Å². The van der Waals surface area contributed by atoms with Gasteiger partial charge in [-0.25, -0.2) is 4.39 Å². The van der Waals surface area contributed by atoms with Crippen LogP contribution in [0.25, 0.3) is 6.08 Å². The molecule has 4 rings (SSSR count). The van der Waals surface area contributed by atoms with E-state index in [1.807, 2.05) is 12.1 Å². The van der Waals surface area contributed by atoms with Crippen LogP contribution in [0, 0.1) is 5.82 Å². The molecule has 6 heteroatoms. The van der Waals surface area contributed by atoms with Crippen molar-refractivity contribution < 1.29 is 9.13 Å². The minimum atomic E-state index is -0.178. The number of halogens is 1. The van der Waals surface area contributed by atoms with Gasteiger partial charge in [0.25, 0.3) is 0 Å². The maximum absolute atomic E-state index is 13.0. The van der Waals surface area contributed by atoms with Crippen LogP contribution in [0.2, 0.25) is 0 Å². The first kappa shape index (κ1) is 19.9. The number of ether oxygens (including phenoxy) is 1. The zero-order valence-electron chi connectivity index (χ0n) is 17.0. The zero-order valence-corrected chi connectivity index (χ0v) is 17.0. The second-order valence-corrected chi connectivity index (χ2v) is 7.75. The molecule has 0 saturated carbocycles. The average molecular weight is 397 g/mol. The zero-order chi connectivity index (χ0) is 20.1. The van der Waals surface area contributed by atoms with E-state index >= 15 is 0 Å². The molecule has 2 aliphatic rings. The van der Waals surface area contributed by atoms with Gasteiger partial charge in [0.15, 0.2) is 0 Å². The van der Waals surface area contributed by atoms with Crippen LogP contribution in [-0.4, -0.2) is 55.8 Å². The SMILES string of the molecule is COc1cnc2c(c1)N(CCN1CCC(NCc3ccc(F)cc3)CC1)CC=C2. The summed E-state index contributed by atoms with van der Waals surface area (Å²) < 4.78 is 18.4. The molecular formula is C23H29FN4O. The second kappa shape index (κ2) is 9.37. The third-order valence-electron chi connectivity index (χ3n) is 5.83. The van der Waals surface area contributed by atoms with Gasteiger partial charge in [-0.2, -0.15) is 0 Å². The standard InChI is InChI=1S/C23H29FN4O/c1-29-21-15-23-22(26-17-21)3-2-10-28(23)14-13-27-11-8-20(9-12-27)25-16-18-4-6-19(24)7-5-18/h2-7,15,17,20,25H,8-14,16H2,1H3. The Bertz CT molecular complexity index is 831. The van der Waals surface area contributed by atoms with Gasteiger partial charge in [0.05, 0.1) is 24.7 Å². The number of nitrogens with zero attached hydrogens (tertiary/aromatic N) is 3. The maximum Gasteiger partial charge on any atom is 0.139 e. The van der Waals surface area contributed by atoms with Gasteiger partial charge in [0.2, 0.25) is 0 Å². The number of pyridine rings is 1. The van der Waals surface area contributed by atoms with Gasteiger partial charge < -0.3 is 19.9 Å².